The van der Waals surface area contributed by atoms with E-state index in [1.807, 2.05) is 0 Å². The van der Waals surface area contributed by atoms with Gasteiger partial charge in [0.2, 0.25) is 5.91 Å². The van der Waals surface area contributed by atoms with E-state index in [2.05, 4.69) is 18.3 Å². The van der Waals surface area contributed by atoms with E-state index in [0.29, 0.717) is 16.5 Å². The van der Waals surface area contributed by atoms with Crippen LogP contribution in [0.1, 0.15) is 41.8 Å². The van der Waals surface area contributed by atoms with E-state index < -0.39 is 9.84 Å². The Bertz CT molecular complexity index is 999. The number of carbonyl (C=O) groups excluding carboxylic acids is 1. The standard InChI is InChI=1S/C20H22N2O3S2/c1-3-27(24,25)15-7-5-14(6-8-15)11-19(23)22-20-17(12-21)16-9-4-13(2)10-18(16)26-20/h5-8,13H,3-4,9-11H2,1-2H3,(H,22,23)/t13-/m1/s1. The van der Waals surface area contributed by atoms with Gasteiger partial charge < -0.3 is 5.32 Å². The summed E-state index contributed by atoms with van der Waals surface area (Å²) < 4.78 is 23.7. The Hall–Kier alpha value is -2.17. The number of fused-ring (bicyclic) bond motifs is 1. The van der Waals surface area contributed by atoms with Crippen molar-refractivity contribution in [1.29, 1.82) is 5.26 Å². The SMILES string of the molecule is CCS(=O)(=O)c1ccc(CC(=O)Nc2sc3c(c2C#N)CC[C@@H](C)C3)cc1. The Morgan fingerprint density at radius 2 is 2.04 bits per heavy atom. The summed E-state index contributed by atoms with van der Waals surface area (Å²) in [5, 5.41) is 13.0. The number of nitrogens with one attached hydrogen (secondary N) is 1. The van der Waals surface area contributed by atoms with Crippen molar-refractivity contribution in [2.24, 2.45) is 5.92 Å². The lowest BCUT2D eigenvalue weighted by Gasteiger charge is -2.17. The highest BCUT2D eigenvalue weighted by atomic mass is 32.2. The molecule has 7 heteroatoms. The van der Waals surface area contributed by atoms with E-state index in [4.69, 9.17) is 0 Å². The van der Waals surface area contributed by atoms with Crippen LogP contribution in [0.2, 0.25) is 0 Å². The minimum Gasteiger partial charge on any atom is -0.316 e. The molecule has 0 saturated carbocycles. The maximum atomic E-state index is 12.4. The van der Waals surface area contributed by atoms with Gasteiger partial charge in [0.15, 0.2) is 9.84 Å². The molecule has 0 bridgehead atoms. The maximum Gasteiger partial charge on any atom is 0.229 e. The van der Waals surface area contributed by atoms with E-state index in [9.17, 15) is 18.5 Å². The molecule has 0 radical (unpaired) electrons. The van der Waals surface area contributed by atoms with E-state index in [-0.39, 0.29) is 23.0 Å². The van der Waals surface area contributed by atoms with Crippen LogP contribution in [-0.2, 0) is 33.9 Å². The molecule has 5 nitrogen and oxygen atoms in total. The monoisotopic (exact) mass is 402 g/mol. The number of benzene rings is 1. The lowest BCUT2D eigenvalue weighted by molar-refractivity contribution is -0.115. The molecule has 0 saturated heterocycles. The van der Waals surface area contributed by atoms with Gasteiger partial charge in [0, 0.05) is 4.88 Å². The molecule has 1 aromatic carbocycles. The number of sulfone groups is 1. The molecule has 0 unspecified atom stereocenters. The molecule has 1 amide bonds. The number of hydrogen-bond donors (Lipinski definition) is 1. The van der Waals surface area contributed by atoms with Crippen LogP contribution >= 0.6 is 11.3 Å². The van der Waals surface area contributed by atoms with Crippen LogP contribution in [0.5, 0.6) is 0 Å². The second-order valence-corrected chi connectivity index (χ2v) is 10.3. The van der Waals surface area contributed by atoms with Gasteiger partial charge >= 0.3 is 0 Å². The molecule has 1 heterocycles. The molecule has 142 valence electrons. The zero-order valence-corrected chi connectivity index (χ0v) is 17.0. The molecule has 1 atom stereocenters. The van der Waals surface area contributed by atoms with Crippen molar-refractivity contribution in [2.75, 3.05) is 11.1 Å². The van der Waals surface area contributed by atoms with Crippen LogP contribution < -0.4 is 5.32 Å². The first-order valence-electron chi connectivity index (χ1n) is 9.00. The van der Waals surface area contributed by atoms with Gasteiger partial charge in [-0.25, -0.2) is 8.42 Å². The Balaban J connectivity index is 1.73. The predicted molar refractivity (Wildman–Crippen MR) is 107 cm³/mol. The van der Waals surface area contributed by atoms with Crippen molar-refractivity contribution in [1.82, 2.24) is 0 Å². The molecule has 3 rings (SSSR count). The van der Waals surface area contributed by atoms with Crippen molar-refractivity contribution in [2.45, 2.75) is 44.4 Å². The van der Waals surface area contributed by atoms with Crippen LogP contribution in [0.15, 0.2) is 29.2 Å². The van der Waals surface area contributed by atoms with Crippen LogP contribution in [0.4, 0.5) is 5.00 Å². The lowest BCUT2D eigenvalue weighted by Crippen LogP contribution is -2.14. The van der Waals surface area contributed by atoms with Crippen LogP contribution in [0.25, 0.3) is 0 Å². The van der Waals surface area contributed by atoms with Crippen LogP contribution in [-0.4, -0.2) is 20.1 Å². The number of amides is 1. The predicted octanol–water partition coefficient (Wildman–Crippen LogP) is 3.72. The summed E-state index contributed by atoms with van der Waals surface area (Å²) in [4.78, 5) is 13.9. The van der Waals surface area contributed by atoms with Gasteiger partial charge in [0.1, 0.15) is 11.1 Å². The largest absolute Gasteiger partial charge is 0.316 e. The Morgan fingerprint density at radius 3 is 2.67 bits per heavy atom. The topological polar surface area (TPSA) is 87.0 Å². The van der Waals surface area contributed by atoms with Gasteiger partial charge in [-0.3, -0.25) is 4.79 Å². The number of hydrogen-bond acceptors (Lipinski definition) is 5. The highest BCUT2D eigenvalue weighted by Crippen LogP contribution is 2.39. The number of nitrogens with zero attached hydrogens (tertiary/aromatic N) is 1. The fraction of sp³-hybridized carbons (Fsp3) is 0.400. The van der Waals surface area contributed by atoms with Gasteiger partial charge in [-0.1, -0.05) is 26.0 Å². The van der Waals surface area contributed by atoms with Crippen molar-refractivity contribution in [3.05, 3.63) is 45.8 Å². The Labute approximate surface area is 164 Å². The summed E-state index contributed by atoms with van der Waals surface area (Å²) in [6.07, 6.45) is 3.05. The minimum atomic E-state index is -3.24. The third kappa shape index (κ3) is 4.23. The molecule has 27 heavy (non-hydrogen) atoms. The number of anilines is 1. The first kappa shape index (κ1) is 19.6. The van der Waals surface area contributed by atoms with Crippen molar-refractivity contribution >= 4 is 32.1 Å². The lowest BCUT2D eigenvalue weighted by atomic mass is 9.88. The summed E-state index contributed by atoms with van der Waals surface area (Å²) in [5.74, 6) is 0.444. The van der Waals surface area contributed by atoms with E-state index in [1.54, 1.807) is 19.1 Å². The van der Waals surface area contributed by atoms with Gasteiger partial charge in [0.25, 0.3) is 0 Å². The van der Waals surface area contributed by atoms with E-state index in [1.165, 1.54) is 28.3 Å². The van der Waals surface area contributed by atoms with Crippen molar-refractivity contribution < 1.29 is 13.2 Å². The van der Waals surface area contributed by atoms with Crippen LogP contribution in [0, 0.1) is 17.2 Å². The van der Waals surface area contributed by atoms with Crippen molar-refractivity contribution in [3.8, 4) is 6.07 Å². The molecule has 1 aliphatic rings. The second kappa shape index (κ2) is 7.83. The number of rotatable bonds is 5. The summed E-state index contributed by atoms with van der Waals surface area (Å²) in [5.41, 5.74) is 2.42. The highest BCUT2D eigenvalue weighted by molar-refractivity contribution is 7.91. The quantitative estimate of drug-likeness (QED) is 0.826. The fourth-order valence-corrected chi connectivity index (χ4v) is 5.56. The van der Waals surface area contributed by atoms with Gasteiger partial charge in [0.05, 0.1) is 22.6 Å². The molecule has 0 spiro atoms. The van der Waals surface area contributed by atoms with Gasteiger partial charge in [-0.2, -0.15) is 5.26 Å². The zero-order chi connectivity index (χ0) is 19.6. The first-order chi connectivity index (χ1) is 12.8. The molecule has 0 fully saturated rings. The number of thiophene rings is 1. The van der Waals surface area contributed by atoms with Crippen LogP contribution in [0.3, 0.4) is 0 Å². The smallest absolute Gasteiger partial charge is 0.229 e. The molecule has 1 aliphatic carbocycles. The Morgan fingerprint density at radius 1 is 1.33 bits per heavy atom. The summed E-state index contributed by atoms with van der Waals surface area (Å²) >= 11 is 1.50. The van der Waals surface area contributed by atoms with E-state index >= 15 is 0 Å². The van der Waals surface area contributed by atoms with Crippen molar-refractivity contribution in [3.63, 3.8) is 0 Å². The van der Waals surface area contributed by atoms with Gasteiger partial charge in [-0.05, 0) is 48.4 Å². The van der Waals surface area contributed by atoms with Gasteiger partial charge in [-0.15, -0.1) is 11.3 Å². The third-order valence-electron chi connectivity index (χ3n) is 4.90. The number of nitriles is 1. The molecular weight excluding hydrogens is 380 g/mol. The highest BCUT2D eigenvalue weighted by Gasteiger charge is 2.24. The van der Waals surface area contributed by atoms with E-state index in [0.717, 1.165) is 30.4 Å². The molecule has 2 aromatic rings. The second-order valence-electron chi connectivity index (χ2n) is 6.94. The molecule has 1 aromatic heterocycles. The molecular formula is C20H22N2O3S2. The fourth-order valence-electron chi connectivity index (χ4n) is 3.29. The summed E-state index contributed by atoms with van der Waals surface area (Å²) in [6, 6.07) is 8.64. The zero-order valence-electron chi connectivity index (χ0n) is 15.4. The molecule has 0 aliphatic heterocycles. The first-order valence-corrected chi connectivity index (χ1v) is 11.5. The Kier molecular flexibility index (Phi) is 5.68. The molecule has 1 N–H and O–H groups in total. The number of carbonyl (C=O) groups is 1. The third-order valence-corrected chi connectivity index (χ3v) is 7.82. The summed E-state index contributed by atoms with van der Waals surface area (Å²) in [7, 11) is -3.24. The average molecular weight is 403 g/mol. The minimum absolute atomic E-state index is 0.0471. The average Bonchev–Trinajstić information content (AvgIpc) is 2.97. The maximum absolute atomic E-state index is 12.4. The summed E-state index contributed by atoms with van der Waals surface area (Å²) in [6.45, 7) is 3.81. The normalized spacial score (nSPS) is 16.4.